The molecule has 2 heteroatoms. The summed E-state index contributed by atoms with van der Waals surface area (Å²) >= 11 is 0. The van der Waals surface area contributed by atoms with Gasteiger partial charge in [-0.3, -0.25) is 4.79 Å². The van der Waals surface area contributed by atoms with Crippen molar-refractivity contribution in [3.05, 3.63) is 0 Å². The molecule has 0 fully saturated rings. The first-order valence-corrected chi connectivity index (χ1v) is 5.31. The Hall–Kier alpha value is -0.530. The molecule has 1 atom stereocenters. The van der Waals surface area contributed by atoms with Crippen molar-refractivity contribution in [2.45, 2.75) is 58.8 Å². The lowest BCUT2D eigenvalue weighted by Crippen LogP contribution is -2.03. The molecule has 0 aromatic heterocycles. The van der Waals surface area contributed by atoms with Crippen LogP contribution in [0, 0.1) is 0 Å². The first-order chi connectivity index (χ1) is 6.72. The largest absolute Gasteiger partial charge is 0.466 e. The first kappa shape index (κ1) is 10.6. The Morgan fingerprint density at radius 2 is 1.77 bits per heavy atom. The standard InChI is InChI=1S/C11H22O2/c1-3-5-6-7-8-9-10-11(12)13-4-2/h3-10H2,1-2H3/i10D. The van der Waals surface area contributed by atoms with Gasteiger partial charge in [-0.15, -0.1) is 0 Å². The van der Waals surface area contributed by atoms with Gasteiger partial charge in [0, 0.05) is 7.77 Å². The number of ether oxygens (including phenoxy) is 1. The minimum atomic E-state index is -0.670. The van der Waals surface area contributed by atoms with Crippen LogP contribution < -0.4 is 0 Å². The molecule has 0 bridgehead atoms. The summed E-state index contributed by atoms with van der Waals surface area (Å²) in [5.41, 5.74) is 0. The van der Waals surface area contributed by atoms with Gasteiger partial charge in [0.25, 0.3) is 0 Å². The molecular formula is C11H22O2. The summed E-state index contributed by atoms with van der Waals surface area (Å²) in [6, 6.07) is 0. The fourth-order valence-corrected chi connectivity index (χ4v) is 1.17. The van der Waals surface area contributed by atoms with Gasteiger partial charge >= 0.3 is 5.97 Å². The summed E-state index contributed by atoms with van der Waals surface area (Å²) in [6.45, 7) is 4.32. The van der Waals surface area contributed by atoms with Crippen molar-refractivity contribution in [1.82, 2.24) is 0 Å². The third-order valence-corrected chi connectivity index (χ3v) is 1.91. The maximum atomic E-state index is 11.1. The maximum Gasteiger partial charge on any atom is 0.305 e. The Labute approximate surface area is 83.1 Å². The van der Waals surface area contributed by atoms with Crippen molar-refractivity contribution in [2.75, 3.05) is 6.61 Å². The summed E-state index contributed by atoms with van der Waals surface area (Å²) < 4.78 is 12.2. The highest BCUT2D eigenvalue weighted by Gasteiger charge is 1.99. The zero-order valence-corrected chi connectivity index (χ0v) is 8.84. The molecule has 0 aliphatic heterocycles. The highest BCUT2D eigenvalue weighted by molar-refractivity contribution is 5.69. The van der Waals surface area contributed by atoms with E-state index in [-0.39, 0.29) is 5.97 Å². The smallest absolute Gasteiger partial charge is 0.305 e. The predicted octanol–water partition coefficient (Wildman–Crippen LogP) is 3.30. The van der Waals surface area contributed by atoms with Crippen molar-refractivity contribution in [3.8, 4) is 0 Å². The van der Waals surface area contributed by atoms with Crippen LogP contribution in [0.1, 0.15) is 60.1 Å². The van der Waals surface area contributed by atoms with Gasteiger partial charge in [0.05, 0.1) is 6.61 Å². The van der Waals surface area contributed by atoms with Crippen LogP contribution in [0.5, 0.6) is 0 Å². The van der Waals surface area contributed by atoms with Crippen LogP contribution in [0.3, 0.4) is 0 Å². The zero-order valence-electron chi connectivity index (χ0n) is 9.84. The molecule has 0 amide bonds. The topological polar surface area (TPSA) is 26.3 Å². The van der Waals surface area contributed by atoms with E-state index in [4.69, 9.17) is 6.11 Å². The van der Waals surface area contributed by atoms with Gasteiger partial charge in [-0.1, -0.05) is 39.0 Å². The molecule has 2 nitrogen and oxygen atoms in total. The number of carbonyl (C=O) groups excluding carboxylic acids is 1. The van der Waals surface area contributed by atoms with E-state index >= 15 is 0 Å². The van der Waals surface area contributed by atoms with Crippen LogP contribution >= 0.6 is 0 Å². The fraction of sp³-hybridized carbons (Fsp3) is 0.909. The molecule has 0 aliphatic rings. The van der Waals surface area contributed by atoms with Crippen molar-refractivity contribution >= 4 is 5.97 Å². The van der Waals surface area contributed by atoms with Crippen LogP contribution in [0.4, 0.5) is 0 Å². The molecule has 0 aromatic rings. The van der Waals surface area contributed by atoms with E-state index in [0.717, 1.165) is 12.8 Å². The monoisotopic (exact) mass is 187 g/mol. The van der Waals surface area contributed by atoms with E-state index in [2.05, 4.69) is 6.92 Å². The summed E-state index contributed by atoms with van der Waals surface area (Å²) in [5.74, 6) is -0.372. The normalized spacial score (nSPS) is 13.5. The molecule has 0 saturated carbocycles. The summed E-state index contributed by atoms with van der Waals surface area (Å²) in [4.78, 5) is 11.1. The van der Waals surface area contributed by atoms with Gasteiger partial charge in [-0.05, 0) is 13.3 Å². The molecule has 0 saturated heterocycles. The van der Waals surface area contributed by atoms with Gasteiger partial charge in [0.15, 0.2) is 0 Å². The number of rotatable bonds is 8. The van der Waals surface area contributed by atoms with Crippen LogP contribution in [0.15, 0.2) is 0 Å². The molecule has 0 N–H and O–H groups in total. The van der Waals surface area contributed by atoms with Crippen LogP contribution in [0.2, 0.25) is 0 Å². The van der Waals surface area contributed by atoms with Crippen molar-refractivity contribution < 1.29 is 10.9 Å². The maximum absolute atomic E-state index is 11.1. The predicted molar refractivity (Wildman–Crippen MR) is 54.6 cm³/mol. The Balaban J connectivity index is 3.34. The molecule has 0 rings (SSSR count). The number of hydrogen-bond donors (Lipinski definition) is 0. The summed E-state index contributed by atoms with van der Waals surface area (Å²) in [7, 11) is 0. The second-order valence-electron chi connectivity index (χ2n) is 3.16. The molecule has 0 aliphatic carbocycles. The average Bonchev–Trinajstić information content (AvgIpc) is 2.17. The van der Waals surface area contributed by atoms with Gasteiger partial charge < -0.3 is 4.74 Å². The van der Waals surface area contributed by atoms with Gasteiger partial charge in [-0.2, -0.15) is 0 Å². The Morgan fingerprint density at radius 1 is 1.15 bits per heavy atom. The Bertz CT molecular complexity index is 148. The Kier molecular flexibility index (Phi) is 7.76. The van der Waals surface area contributed by atoms with Crippen LogP contribution in [-0.2, 0) is 9.53 Å². The van der Waals surface area contributed by atoms with E-state index in [1.54, 1.807) is 6.92 Å². The molecule has 0 heterocycles. The van der Waals surface area contributed by atoms with Gasteiger partial charge in [-0.25, -0.2) is 0 Å². The summed E-state index contributed by atoms with van der Waals surface area (Å²) in [6.07, 6.45) is 5.76. The van der Waals surface area contributed by atoms with Crippen molar-refractivity contribution in [3.63, 3.8) is 0 Å². The molecule has 1 unspecified atom stereocenters. The van der Waals surface area contributed by atoms with Crippen molar-refractivity contribution in [2.24, 2.45) is 0 Å². The van der Waals surface area contributed by atoms with Crippen LogP contribution in [-0.4, -0.2) is 12.6 Å². The van der Waals surface area contributed by atoms with E-state index in [0.29, 0.717) is 13.0 Å². The SMILES string of the molecule is [2H]C(CCCCCCC)C(=O)OCC. The van der Waals surface area contributed by atoms with E-state index in [1.165, 1.54) is 19.3 Å². The minimum Gasteiger partial charge on any atom is -0.466 e. The van der Waals surface area contributed by atoms with Crippen LogP contribution in [0.25, 0.3) is 0 Å². The number of hydrogen-bond acceptors (Lipinski definition) is 2. The number of esters is 1. The quantitative estimate of drug-likeness (QED) is 0.430. The lowest BCUT2D eigenvalue weighted by Gasteiger charge is -2.01. The molecular weight excluding hydrogens is 164 g/mol. The second-order valence-corrected chi connectivity index (χ2v) is 3.16. The second kappa shape index (κ2) is 9.56. The van der Waals surface area contributed by atoms with Gasteiger partial charge in [0.1, 0.15) is 0 Å². The molecule has 0 radical (unpaired) electrons. The molecule has 78 valence electrons. The molecule has 0 spiro atoms. The van der Waals surface area contributed by atoms with E-state index in [1.807, 2.05) is 0 Å². The minimum absolute atomic E-state index is 0.372. The lowest BCUT2D eigenvalue weighted by molar-refractivity contribution is -0.143. The highest BCUT2D eigenvalue weighted by Crippen LogP contribution is 2.07. The fourth-order valence-electron chi connectivity index (χ4n) is 1.17. The van der Waals surface area contributed by atoms with E-state index < -0.39 is 6.40 Å². The number of unbranched alkanes of at least 4 members (excludes halogenated alkanes) is 4. The third-order valence-electron chi connectivity index (χ3n) is 1.91. The molecule has 0 aromatic carbocycles. The third kappa shape index (κ3) is 9.38. The summed E-state index contributed by atoms with van der Waals surface area (Å²) in [5, 5.41) is 0. The van der Waals surface area contributed by atoms with Crippen molar-refractivity contribution in [1.29, 1.82) is 0 Å². The number of carbonyl (C=O) groups is 1. The highest BCUT2D eigenvalue weighted by atomic mass is 16.5. The lowest BCUT2D eigenvalue weighted by atomic mass is 10.1. The zero-order chi connectivity index (χ0) is 10.8. The Morgan fingerprint density at radius 3 is 2.38 bits per heavy atom. The molecule has 13 heavy (non-hydrogen) atoms. The average molecular weight is 187 g/mol. The van der Waals surface area contributed by atoms with Gasteiger partial charge in [0.2, 0.25) is 0 Å². The van der Waals surface area contributed by atoms with E-state index in [9.17, 15) is 4.79 Å². The first-order valence-electron chi connectivity index (χ1n) is 5.89.